The van der Waals surface area contributed by atoms with Crippen LogP contribution in [0.1, 0.15) is 32.0 Å². The summed E-state index contributed by atoms with van der Waals surface area (Å²) >= 11 is 0. The highest BCUT2D eigenvalue weighted by molar-refractivity contribution is 5.58. The molecule has 24 heavy (non-hydrogen) atoms. The van der Waals surface area contributed by atoms with E-state index in [1.165, 1.54) is 12.1 Å². The number of anilines is 2. The first kappa shape index (κ1) is 16.6. The van der Waals surface area contributed by atoms with Crippen LogP contribution in [0.15, 0.2) is 29.1 Å². The highest BCUT2D eigenvalue weighted by Gasteiger charge is 2.28. The highest BCUT2D eigenvalue weighted by atomic mass is 19.1. The van der Waals surface area contributed by atoms with Crippen molar-refractivity contribution in [2.75, 3.05) is 11.6 Å². The van der Waals surface area contributed by atoms with Gasteiger partial charge >= 0.3 is 0 Å². The number of fused-ring (bicyclic) bond motifs is 1. The van der Waals surface area contributed by atoms with Crippen LogP contribution in [0.25, 0.3) is 0 Å². The maximum atomic E-state index is 13.3. The Kier molecular flexibility index (Phi) is 4.41. The Bertz CT molecular complexity index is 798. The number of halogens is 1. The zero-order chi connectivity index (χ0) is 17.4. The summed E-state index contributed by atoms with van der Waals surface area (Å²) in [5.74, 6) is 0.345. The average molecular weight is 330 g/mol. The van der Waals surface area contributed by atoms with Crippen LogP contribution in [0.2, 0.25) is 0 Å². The van der Waals surface area contributed by atoms with Gasteiger partial charge in [0.15, 0.2) is 0 Å². The maximum absolute atomic E-state index is 13.3. The molecule has 1 aliphatic rings. The molecule has 0 amide bonds. The number of benzene rings is 1. The normalized spacial score (nSPS) is 15.0. The third-order valence-electron chi connectivity index (χ3n) is 4.56. The Hall–Kier alpha value is -2.21. The van der Waals surface area contributed by atoms with Gasteiger partial charge in [0.1, 0.15) is 5.82 Å². The van der Waals surface area contributed by atoms with Crippen molar-refractivity contribution in [3.63, 3.8) is 0 Å². The van der Waals surface area contributed by atoms with Gasteiger partial charge < -0.3 is 0 Å². The second-order valence-corrected chi connectivity index (χ2v) is 6.43. The number of nitrogens with zero attached hydrogens (tertiary/aromatic N) is 4. The van der Waals surface area contributed by atoms with Crippen molar-refractivity contribution in [2.45, 2.75) is 46.8 Å². The van der Waals surface area contributed by atoms with Crippen molar-refractivity contribution in [3.05, 3.63) is 51.7 Å². The van der Waals surface area contributed by atoms with Crippen LogP contribution < -0.4 is 10.5 Å². The van der Waals surface area contributed by atoms with Gasteiger partial charge in [0.05, 0.1) is 13.3 Å². The third kappa shape index (κ3) is 2.82. The molecule has 5 nitrogen and oxygen atoms in total. The topological polar surface area (TPSA) is 41.4 Å². The third-order valence-corrected chi connectivity index (χ3v) is 4.56. The van der Waals surface area contributed by atoms with Gasteiger partial charge in [-0.3, -0.25) is 19.2 Å². The second kappa shape index (κ2) is 6.36. The molecule has 2 aromatic rings. The quantitative estimate of drug-likeness (QED) is 0.867. The summed E-state index contributed by atoms with van der Waals surface area (Å²) < 4.78 is 15.0. The molecule has 128 valence electrons. The van der Waals surface area contributed by atoms with Gasteiger partial charge in [-0.1, -0.05) is 6.92 Å². The Morgan fingerprint density at radius 3 is 2.46 bits per heavy atom. The molecule has 1 aromatic carbocycles. The number of hydrogen-bond acceptors (Lipinski definition) is 4. The second-order valence-electron chi connectivity index (χ2n) is 6.43. The first-order chi connectivity index (χ1) is 11.4. The van der Waals surface area contributed by atoms with Crippen LogP contribution in [0.5, 0.6) is 0 Å². The zero-order valence-corrected chi connectivity index (χ0v) is 14.6. The Morgan fingerprint density at radius 2 is 1.88 bits per heavy atom. The molecule has 0 aliphatic carbocycles. The summed E-state index contributed by atoms with van der Waals surface area (Å²) in [6.07, 6.45) is 0.663. The summed E-state index contributed by atoms with van der Waals surface area (Å²) in [5.41, 5.74) is 2.35. The van der Waals surface area contributed by atoms with Gasteiger partial charge in [0.2, 0.25) is 5.95 Å². The molecule has 3 rings (SSSR count). The molecule has 1 aliphatic heterocycles. The van der Waals surface area contributed by atoms with E-state index in [2.05, 4.69) is 23.7 Å². The molecule has 0 saturated carbocycles. The summed E-state index contributed by atoms with van der Waals surface area (Å²) in [6, 6.07) is 6.58. The smallest absolute Gasteiger partial charge is 0.259 e. The minimum atomic E-state index is -0.278. The first-order valence-electron chi connectivity index (χ1n) is 8.29. The van der Waals surface area contributed by atoms with Crippen molar-refractivity contribution in [2.24, 2.45) is 0 Å². The van der Waals surface area contributed by atoms with Crippen LogP contribution >= 0.6 is 0 Å². The first-order valence-corrected chi connectivity index (χ1v) is 8.29. The molecule has 1 aromatic heterocycles. The van der Waals surface area contributed by atoms with Crippen LogP contribution in [0, 0.1) is 12.7 Å². The number of aryl methyl sites for hydroxylation is 1. The van der Waals surface area contributed by atoms with Crippen molar-refractivity contribution in [1.82, 2.24) is 14.5 Å². The molecule has 0 saturated heterocycles. The Balaban J connectivity index is 2.17. The van der Waals surface area contributed by atoms with Crippen LogP contribution in [-0.4, -0.2) is 27.2 Å². The Morgan fingerprint density at radius 1 is 1.21 bits per heavy atom. The highest BCUT2D eigenvalue weighted by Crippen LogP contribution is 2.28. The SMILES string of the molecule is CCc1c(C)nc2n(c1=O)CN(C(C)C)CN2c1ccc(F)cc1. The largest absolute Gasteiger partial charge is 0.298 e. The van der Waals surface area contributed by atoms with E-state index in [0.717, 1.165) is 16.9 Å². The molecule has 0 N–H and O–H groups in total. The minimum Gasteiger partial charge on any atom is -0.298 e. The van der Waals surface area contributed by atoms with E-state index in [0.29, 0.717) is 25.7 Å². The molecular formula is C18H23FN4O. The zero-order valence-electron chi connectivity index (χ0n) is 14.6. The molecule has 0 radical (unpaired) electrons. The number of rotatable bonds is 3. The lowest BCUT2D eigenvalue weighted by atomic mass is 10.2. The van der Waals surface area contributed by atoms with E-state index in [9.17, 15) is 9.18 Å². The van der Waals surface area contributed by atoms with Gasteiger partial charge in [-0.2, -0.15) is 0 Å². The monoisotopic (exact) mass is 330 g/mol. The predicted octanol–water partition coefficient (Wildman–Crippen LogP) is 3.03. The fourth-order valence-electron chi connectivity index (χ4n) is 3.04. The summed E-state index contributed by atoms with van der Waals surface area (Å²) in [6.45, 7) is 9.17. The van der Waals surface area contributed by atoms with Crippen LogP contribution in [0.4, 0.5) is 16.0 Å². The van der Waals surface area contributed by atoms with Crippen LogP contribution in [0.3, 0.4) is 0 Å². The molecule has 2 heterocycles. The molecule has 6 heteroatoms. The number of aromatic nitrogens is 2. The molecule has 0 fully saturated rings. The van der Waals surface area contributed by atoms with Crippen molar-refractivity contribution < 1.29 is 4.39 Å². The predicted molar refractivity (Wildman–Crippen MR) is 93.0 cm³/mol. The van der Waals surface area contributed by atoms with Gasteiger partial charge in [-0.05, 0) is 51.5 Å². The van der Waals surface area contributed by atoms with E-state index < -0.39 is 0 Å². The van der Waals surface area contributed by atoms with Crippen molar-refractivity contribution in [3.8, 4) is 0 Å². The fraction of sp³-hybridized carbons (Fsp3) is 0.444. The molecule has 0 bridgehead atoms. The van der Waals surface area contributed by atoms with E-state index in [1.54, 1.807) is 16.7 Å². The van der Waals surface area contributed by atoms with E-state index >= 15 is 0 Å². The average Bonchev–Trinajstić information content (AvgIpc) is 2.55. The summed E-state index contributed by atoms with van der Waals surface area (Å²) in [5, 5.41) is 0. The molecule has 0 atom stereocenters. The van der Waals surface area contributed by atoms with Crippen LogP contribution in [-0.2, 0) is 13.1 Å². The number of hydrogen-bond donors (Lipinski definition) is 0. The van der Waals surface area contributed by atoms with Gasteiger partial charge in [0, 0.05) is 23.0 Å². The van der Waals surface area contributed by atoms with Crippen molar-refractivity contribution in [1.29, 1.82) is 0 Å². The van der Waals surface area contributed by atoms with Gasteiger partial charge in [-0.25, -0.2) is 9.37 Å². The lowest BCUT2D eigenvalue weighted by Gasteiger charge is -2.40. The fourth-order valence-corrected chi connectivity index (χ4v) is 3.04. The lowest BCUT2D eigenvalue weighted by Crippen LogP contribution is -2.50. The molecule has 0 unspecified atom stereocenters. The standard InChI is InChI=1S/C18H23FN4O/c1-5-16-13(4)20-18-22(15-8-6-14(19)7-9-15)10-21(12(2)3)11-23(18)17(16)24/h6-9,12H,5,10-11H2,1-4H3. The van der Waals surface area contributed by atoms with Crippen molar-refractivity contribution >= 4 is 11.6 Å². The summed E-state index contributed by atoms with van der Waals surface area (Å²) in [4.78, 5) is 21.7. The summed E-state index contributed by atoms with van der Waals surface area (Å²) in [7, 11) is 0. The van der Waals surface area contributed by atoms with E-state index in [1.807, 2.05) is 18.7 Å². The maximum Gasteiger partial charge on any atom is 0.259 e. The van der Waals surface area contributed by atoms with Gasteiger partial charge in [-0.15, -0.1) is 0 Å². The lowest BCUT2D eigenvalue weighted by molar-refractivity contribution is 0.156. The molecular weight excluding hydrogens is 307 g/mol. The van der Waals surface area contributed by atoms with E-state index in [4.69, 9.17) is 0 Å². The minimum absolute atomic E-state index is 0.0115. The Labute approximate surface area is 141 Å². The molecule has 0 spiro atoms. The van der Waals surface area contributed by atoms with Gasteiger partial charge in [0.25, 0.3) is 5.56 Å². The van der Waals surface area contributed by atoms with E-state index in [-0.39, 0.29) is 17.4 Å².